The molecule has 0 N–H and O–H groups in total. The molecule has 3 heterocycles. The lowest BCUT2D eigenvalue weighted by atomic mass is 10.0. The van der Waals surface area contributed by atoms with E-state index < -0.39 is 0 Å². The normalized spacial score (nSPS) is 21.2. The number of likely N-dealkylation sites (tertiary alicyclic amines) is 1. The van der Waals surface area contributed by atoms with Crippen LogP contribution in [-0.4, -0.2) is 38.1 Å². The molecule has 0 radical (unpaired) electrons. The fourth-order valence-electron chi connectivity index (χ4n) is 2.53. The van der Waals surface area contributed by atoms with Crippen molar-refractivity contribution in [1.29, 1.82) is 0 Å². The Labute approximate surface area is 105 Å². The van der Waals surface area contributed by atoms with Crippen LogP contribution in [-0.2, 0) is 11.3 Å². The van der Waals surface area contributed by atoms with E-state index in [1.54, 1.807) is 6.20 Å². The lowest BCUT2D eigenvalue weighted by Gasteiger charge is -2.31. The van der Waals surface area contributed by atoms with Crippen molar-refractivity contribution in [2.45, 2.75) is 31.8 Å². The first-order valence-corrected chi connectivity index (χ1v) is 6.35. The van der Waals surface area contributed by atoms with Gasteiger partial charge < -0.3 is 4.79 Å². The van der Waals surface area contributed by atoms with Gasteiger partial charge in [0.15, 0.2) is 0 Å². The molecule has 1 unspecified atom stereocenters. The van der Waals surface area contributed by atoms with Crippen LogP contribution >= 0.6 is 0 Å². The molecule has 5 nitrogen and oxygen atoms in total. The van der Waals surface area contributed by atoms with Crippen LogP contribution in [0.15, 0.2) is 24.7 Å². The second-order valence-electron chi connectivity index (χ2n) is 4.73. The Morgan fingerprint density at radius 2 is 2.39 bits per heavy atom. The third kappa shape index (κ3) is 2.13. The summed E-state index contributed by atoms with van der Waals surface area (Å²) in [6.07, 6.45) is 10.00. The van der Waals surface area contributed by atoms with Gasteiger partial charge in [0.1, 0.15) is 6.29 Å². The predicted molar refractivity (Wildman–Crippen MR) is 67.1 cm³/mol. The lowest BCUT2D eigenvalue weighted by Crippen LogP contribution is -2.39. The summed E-state index contributed by atoms with van der Waals surface area (Å²) in [6.45, 7) is 1.71. The Morgan fingerprint density at radius 1 is 1.44 bits per heavy atom. The second kappa shape index (κ2) is 4.86. The van der Waals surface area contributed by atoms with Crippen LogP contribution < -0.4 is 0 Å². The highest BCUT2D eigenvalue weighted by atomic mass is 16.1. The van der Waals surface area contributed by atoms with Crippen LogP contribution in [0.4, 0.5) is 0 Å². The number of imidazole rings is 1. The molecular formula is C13H16N4O. The predicted octanol–water partition coefficient (Wildman–Crippen LogP) is 1.28. The smallest absolute Gasteiger partial charge is 0.233 e. The van der Waals surface area contributed by atoms with Crippen LogP contribution in [0.3, 0.4) is 0 Å². The Morgan fingerprint density at radius 3 is 3.22 bits per heavy atom. The minimum Gasteiger partial charge on any atom is -0.302 e. The SMILES string of the molecule is O=CC1CCCCN1Cc1cn2cccnc2n1. The second-order valence-corrected chi connectivity index (χ2v) is 4.73. The van der Waals surface area contributed by atoms with E-state index in [9.17, 15) is 4.79 Å². The highest BCUT2D eigenvalue weighted by Crippen LogP contribution is 2.18. The molecule has 0 amide bonds. The summed E-state index contributed by atoms with van der Waals surface area (Å²) in [4.78, 5) is 21.9. The van der Waals surface area contributed by atoms with Crippen molar-refractivity contribution in [3.8, 4) is 0 Å². The number of hydrogen-bond acceptors (Lipinski definition) is 4. The maximum absolute atomic E-state index is 11.1. The third-order valence-corrected chi connectivity index (χ3v) is 3.47. The zero-order valence-corrected chi connectivity index (χ0v) is 10.2. The lowest BCUT2D eigenvalue weighted by molar-refractivity contribution is -0.113. The minimum absolute atomic E-state index is 0.0523. The molecule has 94 valence electrons. The number of carbonyl (C=O) groups excluding carboxylic acids is 1. The number of aromatic nitrogens is 3. The van der Waals surface area contributed by atoms with E-state index >= 15 is 0 Å². The van der Waals surface area contributed by atoms with Crippen LogP contribution in [0.25, 0.3) is 5.78 Å². The van der Waals surface area contributed by atoms with Gasteiger partial charge >= 0.3 is 0 Å². The molecule has 1 aliphatic rings. The number of piperidine rings is 1. The summed E-state index contributed by atoms with van der Waals surface area (Å²) >= 11 is 0. The van der Waals surface area contributed by atoms with Crippen LogP contribution in [0.1, 0.15) is 25.0 Å². The summed E-state index contributed by atoms with van der Waals surface area (Å²) in [7, 11) is 0. The van der Waals surface area contributed by atoms with E-state index in [0.29, 0.717) is 5.78 Å². The summed E-state index contributed by atoms with van der Waals surface area (Å²) in [6, 6.07) is 1.93. The zero-order chi connectivity index (χ0) is 12.4. The van der Waals surface area contributed by atoms with E-state index in [4.69, 9.17) is 0 Å². The fraction of sp³-hybridized carbons (Fsp3) is 0.462. The number of aldehydes is 1. The molecule has 0 spiro atoms. The van der Waals surface area contributed by atoms with Crippen LogP contribution in [0.2, 0.25) is 0 Å². The number of fused-ring (bicyclic) bond motifs is 1. The molecule has 0 aliphatic carbocycles. The first kappa shape index (κ1) is 11.3. The standard InChI is InChI=1S/C13H16N4O/c18-10-12-4-1-2-6-16(12)8-11-9-17-7-3-5-14-13(17)15-11/h3,5,7,9-10,12H,1-2,4,6,8H2. The van der Waals surface area contributed by atoms with E-state index in [1.807, 2.05) is 22.9 Å². The summed E-state index contributed by atoms with van der Waals surface area (Å²) in [5.41, 5.74) is 0.974. The Kier molecular flexibility index (Phi) is 3.06. The van der Waals surface area contributed by atoms with Crippen LogP contribution in [0.5, 0.6) is 0 Å². The van der Waals surface area contributed by atoms with Gasteiger partial charge in [-0.1, -0.05) is 6.42 Å². The molecule has 1 atom stereocenters. The molecular weight excluding hydrogens is 228 g/mol. The maximum atomic E-state index is 11.1. The number of rotatable bonds is 3. The van der Waals surface area contributed by atoms with Gasteiger partial charge in [0.05, 0.1) is 11.7 Å². The van der Waals surface area contributed by atoms with Gasteiger partial charge in [0.25, 0.3) is 0 Å². The molecule has 2 aromatic heterocycles. The van der Waals surface area contributed by atoms with Crippen LogP contribution in [0, 0.1) is 0 Å². The Bertz CT molecular complexity index is 518. The van der Waals surface area contributed by atoms with E-state index in [-0.39, 0.29) is 6.04 Å². The summed E-state index contributed by atoms with van der Waals surface area (Å²) in [5.74, 6) is 0.715. The highest BCUT2D eigenvalue weighted by Gasteiger charge is 2.22. The molecule has 0 bridgehead atoms. The molecule has 0 aromatic carbocycles. The van der Waals surface area contributed by atoms with Crippen molar-refractivity contribution in [2.75, 3.05) is 6.54 Å². The van der Waals surface area contributed by atoms with Crippen molar-refractivity contribution in [3.63, 3.8) is 0 Å². The third-order valence-electron chi connectivity index (χ3n) is 3.47. The minimum atomic E-state index is 0.0523. The van der Waals surface area contributed by atoms with Crippen molar-refractivity contribution < 1.29 is 4.79 Å². The van der Waals surface area contributed by atoms with Gasteiger partial charge in [-0.25, -0.2) is 9.97 Å². The van der Waals surface area contributed by atoms with Gasteiger partial charge in [-0.2, -0.15) is 0 Å². The van der Waals surface area contributed by atoms with Crippen molar-refractivity contribution >= 4 is 12.1 Å². The van der Waals surface area contributed by atoms with Crippen molar-refractivity contribution in [3.05, 3.63) is 30.4 Å². The van der Waals surface area contributed by atoms with Gasteiger partial charge in [0, 0.05) is 25.1 Å². The first-order chi connectivity index (χ1) is 8.86. The van der Waals surface area contributed by atoms with E-state index in [0.717, 1.165) is 44.3 Å². The Hall–Kier alpha value is -1.75. The fourth-order valence-corrected chi connectivity index (χ4v) is 2.53. The van der Waals surface area contributed by atoms with E-state index in [2.05, 4.69) is 14.9 Å². The van der Waals surface area contributed by atoms with Gasteiger partial charge in [0.2, 0.25) is 5.78 Å². The zero-order valence-electron chi connectivity index (χ0n) is 10.2. The molecule has 0 saturated carbocycles. The van der Waals surface area contributed by atoms with Crippen molar-refractivity contribution in [1.82, 2.24) is 19.3 Å². The molecule has 1 fully saturated rings. The maximum Gasteiger partial charge on any atom is 0.233 e. The van der Waals surface area contributed by atoms with Crippen molar-refractivity contribution in [2.24, 2.45) is 0 Å². The van der Waals surface area contributed by atoms with Gasteiger partial charge in [-0.05, 0) is 25.5 Å². The molecule has 5 heteroatoms. The van der Waals surface area contributed by atoms with E-state index in [1.165, 1.54) is 0 Å². The highest BCUT2D eigenvalue weighted by molar-refractivity contribution is 5.57. The summed E-state index contributed by atoms with van der Waals surface area (Å²) in [5, 5.41) is 0. The molecule has 2 aromatic rings. The number of hydrogen-bond donors (Lipinski definition) is 0. The number of nitrogens with zero attached hydrogens (tertiary/aromatic N) is 4. The quantitative estimate of drug-likeness (QED) is 0.763. The summed E-state index contributed by atoms with van der Waals surface area (Å²) < 4.78 is 1.91. The monoisotopic (exact) mass is 244 g/mol. The Balaban J connectivity index is 1.80. The average Bonchev–Trinajstić information content (AvgIpc) is 2.81. The molecule has 18 heavy (non-hydrogen) atoms. The number of carbonyl (C=O) groups is 1. The first-order valence-electron chi connectivity index (χ1n) is 6.35. The average molecular weight is 244 g/mol. The topological polar surface area (TPSA) is 50.5 Å². The van der Waals surface area contributed by atoms with Gasteiger partial charge in [-0.15, -0.1) is 0 Å². The molecule has 3 rings (SSSR count). The molecule has 1 aliphatic heterocycles. The van der Waals surface area contributed by atoms with Gasteiger partial charge in [-0.3, -0.25) is 9.30 Å². The largest absolute Gasteiger partial charge is 0.302 e. The molecule has 1 saturated heterocycles.